The van der Waals surface area contributed by atoms with Gasteiger partial charge in [-0.15, -0.1) is 0 Å². The molecule has 3 aromatic rings. The van der Waals surface area contributed by atoms with Crippen LogP contribution < -0.4 is 5.32 Å². The third kappa shape index (κ3) is 4.85. The van der Waals surface area contributed by atoms with E-state index in [1.165, 1.54) is 12.2 Å². The van der Waals surface area contributed by atoms with E-state index in [0.717, 1.165) is 17.7 Å². The Morgan fingerprint density at radius 1 is 1.18 bits per heavy atom. The molecule has 144 valence electrons. The van der Waals surface area contributed by atoms with E-state index in [1.807, 2.05) is 42.5 Å². The summed E-state index contributed by atoms with van der Waals surface area (Å²) in [6.45, 7) is 3.82. The van der Waals surface area contributed by atoms with Crippen LogP contribution in [0.25, 0.3) is 17.2 Å². The van der Waals surface area contributed by atoms with E-state index in [9.17, 15) is 9.59 Å². The first-order valence-electron chi connectivity index (χ1n) is 9.16. The summed E-state index contributed by atoms with van der Waals surface area (Å²) in [6, 6.07) is 14.9. The van der Waals surface area contributed by atoms with Crippen molar-refractivity contribution in [2.75, 3.05) is 11.9 Å². The van der Waals surface area contributed by atoms with Gasteiger partial charge < -0.3 is 14.5 Å². The molecular weight excluding hydrogens is 356 g/mol. The molecule has 3 rings (SSSR count). The van der Waals surface area contributed by atoms with Gasteiger partial charge in [-0.1, -0.05) is 44.2 Å². The van der Waals surface area contributed by atoms with Crippen molar-refractivity contribution in [3.8, 4) is 0 Å². The van der Waals surface area contributed by atoms with Crippen LogP contribution in [0.3, 0.4) is 0 Å². The molecule has 1 amide bonds. The normalized spacial score (nSPS) is 12.2. The number of hydrogen-bond acceptors (Lipinski definition) is 5. The highest BCUT2D eigenvalue weighted by Crippen LogP contribution is 2.26. The lowest BCUT2D eigenvalue weighted by atomic mass is 9.97. The minimum absolute atomic E-state index is 0.296. The number of nitrogens with one attached hydrogen (secondary N) is 1. The fourth-order valence-electron chi connectivity index (χ4n) is 2.73. The van der Waals surface area contributed by atoms with Crippen molar-refractivity contribution < 1.29 is 18.7 Å². The average molecular weight is 378 g/mol. The van der Waals surface area contributed by atoms with E-state index in [4.69, 9.17) is 9.15 Å². The smallest absolute Gasteiger partial charge is 0.331 e. The number of para-hydroxylation sites is 3. The van der Waals surface area contributed by atoms with Crippen LogP contribution in [0.4, 0.5) is 5.69 Å². The van der Waals surface area contributed by atoms with Gasteiger partial charge >= 0.3 is 5.97 Å². The molecule has 1 heterocycles. The van der Waals surface area contributed by atoms with E-state index in [0.29, 0.717) is 22.9 Å². The van der Waals surface area contributed by atoms with Crippen LogP contribution in [-0.4, -0.2) is 23.5 Å². The fourth-order valence-corrected chi connectivity index (χ4v) is 2.73. The van der Waals surface area contributed by atoms with Gasteiger partial charge in [-0.05, 0) is 36.1 Å². The third-order valence-electron chi connectivity index (χ3n) is 4.40. The molecule has 0 saturated heterocycles. The summed E-state index contributed by atoms with van der Waals surface area (Å²) in [4.78, 5) is 28.2. The van der Waals surface area contributed by atoms with Crippen LogP contribution in [0.2, 0.25) is 0 Å². The lowest BCUT2D eigenvalue weighted by Crippen LogP contribution is -2.21. The van der Waals surface area contributed by atoms with Crippen LogP contribution in [0.15, 0.2) is 59.0 Å². The van der Waals surface area contributed by atoms with Crippen LogP contribution in [0, 0.1) is 0 Å². The first kappa shape index (κ1) is 19.4. The van der Waals surface area contributed by atoms with Gasteiger partial charge in [0, 0.05) is 17.8 Å². The Kier molecular flexibility index (Phi) is 6.22. The van der Waals surface area contributed by atoms with Crippen LogP contribution in [0.5, 0.6) is 0 Å². The number of oxazole rings is 1. The van der Waals surface area contributed by atoms with Crippen molar-refractivity contribution in [2.45, 2.75) is 26.2 Å². The largest absolute Gasteiger partial charge is 0.452 e. The van der Waals surface area contributed by atoms with E-state index in [1.54, 1.807) is 6.07 Å². The minimum atomic E-state index is -0.646. The Labute approximate surface area is 163 Å². The first-order valence-corrected chi connectivity index (χ1v) is 9.16. The molecule has 1 N–H and O–H groups in total. The number of aromatic nitrogens is 1. The number of carbonyl (C=O) groups is 2. The molecule has 6 nitrogen and oxygen atoms in total. The number of amides is 1. The molecule has 0 bridgehead atoms. The zero-order valence-corrected chi connectivity index (χ0v) is 15.8. The van der Waals surface area contributed by atoms with Crippen molar-refractivity contribution in [3.63, 3.8) is 0 Å². The Bertz CT molecular complexity index is 973. The van der Waals surface area contributed by atoms with Crippen LogP contribution in [-0.2, 0) is 14.3 Å². The number of rotatable bonds is 7. The Balaban J connectivity index is 1.54. The maximum Gasteiger partial charge on any atom is 0.331 e. The molecule has 0 saturated carbocycles. The topological polar surface area (TPSA) is 81.4 Å². The van der Waals surface area contributed by atoms with Gasteiger partial charge in [0.1, 0.15) is 5.52 Å². The number of fused-ring (bicyclic) bond motifs is 1. The van der Waals surface area contributed by atoms with Crippen molar-refractivity contribution in [3.05, 3.63) is 66.1 Å². The first-order chi connectivity index (χ1) is 13.6. The highest BCUT2D eigenvalue weighted by atomic mass is 16.5. The van der Waals surface area contributed by atoms with Gasteiger partial charge in [0.15, 0.2) is 12.2 Å². The van der Waals surface area contributed by atoms with E-state index < -0.39 is 5.97 Å². The van der Waals surface area contributed by atoms with Gasteiger partial charge in [0.2, 0.25) is 5.89 Å². The molecular formula is C22H22N2O4. The molecule has 28 heavy (non-hydrogen) atoms. The van der Waals surface area contributed by atoms with Gasteiger partial charge in [-0.2, -0.15) is 0 Å². The lowest BCUT2D eigenvalue weighted by Gasteiger charge is -2.15. The highest BCUT2D eigenvalue weighted by molar-refractivity contribution is 5.95. The summed E-state index contributed by atoms with van der Waals surface area (Å²) in [6.07, 6.45) is 3.56. The second kappa shape index (κ2) is 8.99. The van der Waals surface area contributed by atoms with E-state index >= 15 is 0 Å². The fraction of sp³-hybridized carbons (Fsp3) is 0.227. The third-order valence-corrected chi connectivity index (χ3v) is 4.40. The van der Waals surface area contributed by atoms with Crippen molar-refractivity contribution in [1.82, 2.24) is 4.98 Å². The minimum Gasteiger partial charge on any atom is -0.452 e. The number of hydrogen-bond donors (Lipinski definition) is 1. The Hall–Kier alpha value is -3.41. The maximum absolute atomic E-state index is 12.1. The van der Waals surface area contributed by atoms with Crippen molar-refractivity contribution in [1.29, 1.82) is 0 Å². The van der Waals surface area contributed by atoms with Crippen molar-refractivity contribution >= 4 is 34.7 Å². The summed E-state index contributed by atoms with van der Waals surface area (Å²) < 4.78 is 10.5. The summed E-state index contributed by atoms with van der Waals surface area (Å²) >= 11 is 0. The van der Waals surface area contributed by atoms with Crippen LogP contribution >= 0.6 is 0 Å². The summed E-state index contributed by atoms with van der Waals surface area (Å²) in [5.41, 5.74) is 3.13. The predicted octanol–water partition coefficient (Wildman–Crippen LogP) is 4.54. The molecule has 0 aliphatic carbocycles. The van der Waals surface area contributed by atoms with E-state index in [-0.39, 0.29) is 12.5 Å². The van der Waals surface area contributed by atoms with Crippen molar-refractivity contribution in [2.24, 2.45) is 0 Å². The molecule has 0 spiro atoms. The van der Waals surface area contributed by atoms with Gasteiger partial charge in [-0.25, -0.2) is 9.78 Å². The average Bonchev–Trinajstić information content (AvgIpc) is 3.13. The molecule has 0 aliphatic heterocycles. The van der Waals surface area contributed by atoms with E-state index in [2.05, 4.69) is 24.1 Å². The summed E-state index contributed by atoms with van der Waals surface area (Å²) in [7, 11) is 0. The molecule has 0 unspecified atom stereocenters. The quantitative estimate of drug-likeness (QED) is 0.482. The number of nitrogens with zero attached hydrogens (tertiary/aromatic N) is 1. The van der Waals surface area contributed by atoms with Gasteiger partial charge in [0.05, 0.1) is 0 Å². The summed E-state index contributed by atoms with van der Waals surface area (Å²) in [5, 5.41) is 2.80. The second-order valence-electron chi connectivity index (χ2n) is 6.41. The highest BCUT2D eigenvalue weighted by Gasteiger charge is 2.12. The number of benzene rings is 2. The molecule has 0 radical (unpaired) electrons. The zero-order chi connectivity index (χ0) is 19.9. The van der Waals surface area contributed by atoms with Gasteiger partial charge in [-0.3, -0.25) is 4.79 Å². The number of anilines is 1. The lowest BCUT2D eigenvalue weighted by molar-refractivity contribution is -0.142. The molecule has 6 heteroatoms. The number of carbonyl (C=O) groups excluding carboxylic acids is 2. The number of esters is 1. The molecule has 0 fully saturated rings. The monoisotopic (exact) mass is 378 g/mol. The standard InChI is InChI=1S/C22H22N2O4/c1-3-15(2)16-8-4-5-9-17(16)23-20(25)14-27-22(26)13-12-21-24-18-10-6-7-11-19(18)28-21/h4-13,15H,3,14H2,1-2H3,(H,23,25)/b13-12+/t15-/m1/s1. The zero-order valence-electron chi connectivity index (χ0n) is 15.8. The van der Waals surface area contributed by atoms with Gasteiger partial charge in [0.25, 0.3) is 5.91 Å². The predicted molar refractivity (Wildman–Crippen MR) is 108 cm³/mol. The molecule has 1 aromatic heterocycles. The number of ether oxygens (including phenoxy) is 1. The Morgan fingerprint density at radius 2 is 1.93 bits per heavy atom. The Morgan fingerprint density at radius 3 is 2.71 bits per heavy atom. The van der Waals surface area contributed by atoms with Crippen LogP contribution in [0.1, 0.15) is 37.6 Å². The SMILES string of the molecule is CC[C@@H](C)c1ccccc1NC(=O)COC(=O)/C=C/c1nc2ccccc2o1. The maximum atomic E-state index is 12.1. The second-order valence-corrected chi connectivity index (χ2v) is 6.41. The molecule has 1 atom stereocenters. The molecule has 2 aromatic carbocycles. The summed E-state index contributed by atoms with van der Waals surface area (Å²) in [5.74, 6) is -0.421. The molecule has 0 aliphatic rings.